The van der Waals surface area contributed by atoms with Crippen molar-refractivity contribution in [2.45, 2.75) is 12.8 Å². The van der Waals surface area contributed by atoms with Gasteiger partial charge in [-0.2, -0.15) is 0 Å². The molecule has 1 aromatic carbocycles. The van der Waals surface area contributed by atoms with Crippen LogP contribution in [0.4, 0.5) is 15.8 Å². The van der Waals surface area contributed by atoms with Crippen LogP contribution in [-0.2, 0) is 4.79 Å². The number of nitrogens with two attached hydrogens (primary N) is 2. The molecule has 5 N–H and O–H groups in total. The van der Waals surface area contributed by atoms with Crippen molar-refractivity contribution < 1.29 is 14.0 Å². The van der Waals surface area contributed by atoms with Gasteiger partial charge < -0.3 is 21.7 Å². The Labute approximate surface area is 122 Å². The lowest BCUT2D eigenvalue weighted by atomic mass is 9.95. The minimum absolute atomic E-state index is 0.00486. The third kappa shape index (κ3) is 3.07. The molecule has 6 nitrogen and oxygen atoms in total. The number of primary amides is 1. The van der Waals surface area contributed by atoms with Crippen molar-refractivity contribution in [3.63, 3.8) is 0 Å². The van der Waals surface area contributed by atoms with Crippen molar-refractivity contribution in [2.75, 3.05) is 30.8 Å². The first-order valence-corrected chi connectivity index (χ1v) is 6.79. The zero-order valence-electron chi connectivity index (χ0n) is 11.9. The molecule has 0 unspecified atom stereocenters. The van der Waals surface area contributed by atoms with Gasteiger partial charge in [-0.3, -0.25) is 9.59 Å². The van der Waals surface area contributed by atoms with E-state index in [9.17, 15) is 14.0 Å². The van der Waals surface area contributed by atoms with E-state index in [2.05, 4.69) is 5.32 Å². The summed E-state index contributed by atoms with van der Waals surface area (Å²) in [6.45, 7) is 1.08. The Hall–Kier alpha value is -2.31. The van der Waals surface area contributed by atoms with E-state index in [1.54, 1.807) is 11.9 Å². The zero-order valence-corrected chi connectivity index (χ0v) is 11.9. The largest absolute Gasteiger partial charge is 0.398 e. The molecule has 0 radical (unpaired) electrons. The highest BCUT2D eigenvalue weighted by atomic mass is 19.1. The van der Waals surface area contributed by atoms with E-state index < -0.39 is 11.7 Å². The lowest BCUT2D eigenvalue weighted by Gasteiger charge is -2.33. The smallest absolute Gasteiger partial charge is 0.250 e. The number of rotatable bonds is 3. The number of carbonyl (C=O) groups is 2. The van der Waals surface area contributed by atoms with Gasteiger partial charge in [-0.1, -0.05) is 0 Å². The van der Waals surface area contributed by atoms with Crippen molar-refractivity contribution in [3.8, 4) is 0 Å². The van der Waals surface area contributed by atoms with Crippen LogP contribution in [0.3, 0.4) is 0 Å². The summed E-state index contributed by atoms with van der Waals surface area (Å²) in [6.07, 6.45) is 1.27. The van der Waals surface area contributed by atoms with Gasteiger partial charge in [0.2, 0.25) is 5.91 Å². The molecule has 21 heavy (non-hydrogen) atoms. The van der Waals surface area contributed by atoms with Gasteiger partial charge in [0.05, 0.1) is 11.3 Å². The molecule has 0 spiro atoms. The molecule has 0 saturated carbocycles. The molecular weight excluding hydrogens is 275 g/mol. The van der Waals surface area contributed by atoms with Crippen molar-refractivity contribution in [2.24, 2.45) is 11.7 Å². The van der Waals surface area contributed by atoms with Crippen LogP contribution in [0.5, 0.6) is 0 Å². The van der Waals surface area contributed by atoms with Gasteiger partial charge in [-0.15, -0.1) is 0 Å². The second kappa shape index (κ2) is 5.99. The number of carbonyl (C=O) groups excluding carboxylic acids is 2. The molecule has 1 aliphatic rings. The number of anilines is 2. The summed E-state index contributed by atoms with van der Waals surface area (Å²) in [7, 11) is 1.60. The fraction of sp³-hybridized carbons (Fsp3) is 0.429. The van der Waals surface area contributed by atoms with E-state index >= 15 is 0 Å². The first-order chi connectivity index (χ1) is 9.93. The topological polar surface area (TPSA) is 101 Å². The lowest BCUT2D eigenvalue weighted by Crippen LogP contribution is -2.40. The van der Waals surface area contributed by atoms with E-state index in [1.807, 2.05) is 0 Å². The molecular formula is C14H19FN4O2. The number of hydrogen-bond acceptors (Lipinski definition) is 4. The Bertz CT molecular complexity index is 568. The van der Waals surface area contributed by atoms with E-state index in [0.29, 0.717) is 31.6 Å². The summed E-state index contributed by atoms with van der Waals surface area (Å²) in [5, 5.41) is 2.62. The molecule has 1 saturated heterocycles. The number of amides is 2. The highest BCUT2D eigenvalue weighted by molar-refractivity contribution is 5.99. The highest BCUT2D eigenvalue weighted by Gasteiger charge is 2.26. The quantitative estimate of drug-likeness (QED) is 0.705. The molecule has 1 fully saturated rings. The first kappa shape index (κ1) is 15.1. The summed E-state index contributed by atoms with van der Waals surface area (Å²) < 4.78 is 14.0. The van der Waals surface area contributed by atoms with Gasteiger partial charge in [0.15, 0.2) is 0 Å². The average molecular weight is 294 g/mol. The maximum atomic E-state index is 14.0. The zero-order chi connectivity index (χ0) is 15.6. The van der Waals surface area contributed by atoms with Crippen LogP contribution in [0.1, 0.15) is 23.2 Å². The van der Waals surface area contributed by atoms with Crippen molar-refractivity contribution in [3.05, 3.63) is 23.5 Å². The summed E-state index contributed by atoms with van der Waals surface area (Å²) in [6, 6.07) is 2.49. The standard InChI is InChI=1S/C14H19FN4O2/c1-18-14(21)8-2-4-19(5-3-8)12-6-9(13(17)20)11(16)7-10(12)15/h6-8H,2-5,16H2,1H3,(H2,17,20)(H,18,21). The molecule has 1 heterocycles. The second-order valence-corrected chi connectivity index (χ2v) is 5.13. The van der Waals surface area contributed by atoms with Crippen LogP contribution < -0.4 is 21.7 Å². The van der Waals surface area contributed by atoms with Crippen LogP contribution in [0.15, 0.2) is 12.1 Å². The van der Waals surface area contributed by atoms with E-state index in [1.165, 1.54) is 6.07 Å². The molecule has 7 heteroatoms. The fourth-order valence-corrected chi connectivity index (χ4v) is 2.62. The minimum Gasteiger partial charge on any atom is -0.398 e. The van der Waals surface area contributed by atoms with Crippen LogP contribution >= 0.6 is 0 Å². The van der Waals surface area contributed by atoms with Gasteiger partial charge in [0.1, 0.15) is 5.82 Å². The third-order valence-electron chi connectivity index (χ3n) is 3.84. The SMILES string of the molecule is CNC(=O)C1CCN(c2cc(C(N)=O)c(N)cc2F)CC1. The monoisotopic (exact) mass is 294 g/mol. The van der Waals surface area contributed by atoms with Crippen LogP contribution in [-0.4, -0.2) is 32.0 Å². The van der Waals surface area contributed by atoms with E-state index in [4.69, 9.17) is 11.5 Å². The highest BCUT2D eigenvalue weighted by Crippen LogP contribution is 2.29. The Balaban J connectivity index is 2.18. The Kier molecular flexibility index (Phi) is 4.30. The van der Waals surface area contributed by atoms with Crippen molar-refractivity contribution in [1.29, 1.82) is 0 Å². The number of nitrogen functional groups attached to an aromatic ring is 1. The molecule has 0 atom stereocenters. The number of hydrogen-bond donors (Lipinski definition) is 3. The summed E-state index contributed by atoms with van der Waals surface area (Å²) in [5.74, 6) is -1.23. The molecule has 0 aliphatic carbocycles. The van der Waals surface area contributed by atoms with Crippen LogP contribution in [0, 0.1) is 11.7 Å². The maximum absolute atomic E-state index is 14.0. The molecule has 1 aliphatic heterocycles. The van der Waals surface area contributed by atoms with Gasteiger partial charge >= 0.3 is 0 Å². The number of benzene rings is 1. The molecule has 2 amide bonds. The van der Waals surface area contributed by atoms with Crippen molar-refractivity contribution >= 4 is 23.2 Å². The Morgan fingerprint density at radius 1 is 1.33 bits per heavy atom. The van der Waals surface area contributed by atoms with Crippen LogP contribution in [0.25, 0.3) is 0 Å². The third-order valence-corrected chi connectivity index (χ3v) is 3.84. The normalized spacial score (nSPS) is 15.8. The number of halogens is 1. The van der Waals surface area contributed by atoms with Gasteiger partial charge in [0, 0.05) is 31.7 Å². The number of nitrogens with one attached hydrogen (secondary N) is 1. The van der Waals surface area contributed by atoms with Gasteiger partial charge in [-0.25, -0.2) is 4.39 Å². The molecule has 0 bridgehead atoms. The summed E-state index contributed by atoms with van der Waals surface area (Å²) >= 11 is 0. The maximum Gasteiger partial charge on any atom is 0.250 e. The van der Waals surface area contributed by atoms with Gasteiger partial charge in [0.25, 0.3) is 5.91 Å². The predicted octanol–water partition coefficient (Wildman–Crippen LogP) is 0.469. The van der Waals surface area contributed by atoms with E-state index in [-0.39, 0.29) is 23.1 Å². The summed E-state index contributed by atoms with van der Waals surface area (Å²) in [5.41, 5.74) is 11.3. The molecule has 0 aromatic heterocycles. The Morgan fingerprint density at radius 3 is 2.48 bits per heavy atom. The number of nitrogens with zero attached hydrogens (tertiary/aromatic N) is 1. The van der Waals surface area contributed by atoms with Crippen LogP contribution in [0.2, 0.25) is 0 Å². The average Bonchev–Trinajstić information content (AvgIpc) is 2.46. The van der Waals surface area contributed by atoms with Crippen molar-refractivity contribution in [1.82, 2.24) is 5.32 Å². The van der Waals surface area contributed by atoms with E-state index in [0.717, 1.165) is 6.07 Å². The van der Waals surface area contributed by atoms with Gasteiger partial charge in [-0.05, 0) is 25.0 Å². The second-order valence-electron chi connectivity index (χ2n) is 5.13. The molecule has 2 rings (SSSR count). The molecule has 1 aromatic rings. The number of piperidine rings is 1. The minimum atomic E-state index is -0.686. The first-order valence-electron chi connectivity index (χ1n) is 6.79. The summed E-state index contributed by atoms with van der Waals surface area (Å²) in [4.78, 5) is 24.7. The Morgan fingerprint density at radius 2 is 1.95 bits per heavy atom. The fourth-order valence-electron chi connectivity index (χ4n) is 2.62. The predicted molar refractivity (Wildman–Crippen MR) is 78.3 cm³/mol. The molecule has 114 valence electrons. The lowest BCUT2D eigenvalue weighted by molar-refractivity contribution is -0.125.